The van der Waals surface area contributed by atoms with Crippen molar-refractivity contribution >= 4 is 0 Å². The number of hydrogen-bond acceptors (Lipinski definition) is 3. The maximum Gasteiger partial charge on any atom is 0.105 e. The zero-order valence-electron chi connectivity index (χ0n) is 12.1. The van der Waals surface area contributed by atoms with Crippen molar-refractivity contribution in [2.75, 3.05) is 13.1 Å². The van der Waals surface area contributed by atoms with Crippen molar-refractivity contribution in [1.29, 1.82) is 0 Å². The van der Waals surface area contributed by atoms with Crippen molar-refractivity contribution in [3.05, 3.63) is 17.7 Å². The van der Waals surface area contributed by atoms with Crippen LogP contribution in [0, 0.1) is 12.3 Å². The molecule has 19 heavy (non-hydrogen) atoms. The van der Waals surface area contributed by atoms with Crippen LogP contribution in [0.4, 0.5) is 0 Å². The summed E-state index contributed by atoms with van der Waals surface area (Å²) < 4.78 is 2.08. The van der Waals surface area contributed by atoms with E-state index in [-0.39, 0.29) is 11.5 Å². The molecule has 3 rings (SSSR count). The summed E-state index contributed by atoms with van der Waals surface area (Å²) in [5.41, 5.74) is 1.34. The van der Waals surface area contributed by atoms with Crippen LogP contribution in [0.5, 0.6) is 0 Å². The standard InChI is InChI=1S/C15H25N3O/c1-12-16-13(9-17(12)2)10-18-8-4-7-15(11-18)6-3-5-14(15)19/h9,14,19H,3-8,10-11H2,1-2H3/t14-,15+/m1/s1. The summed E-state index contributed by atoms with van der Waals surface area (Å²) in [4.78, 5) is 7.08. The highest BCUT2D eigenvalue weighted by atomic mass is 16.3. The highest BCUT2D eigenvalue weighted by Crippen LogP contribution is 2.45. The highest BCUT2D eigenvalue weighted by Gasteiger charge is 2.44. The summed E-state index contributed by atoms with van der Waals surface area (Å²) in [5.74, 6) is 1.07. The largest absolute Gasteiger partial charge is 0.393 e. The lowest BCUT2D eigenvalue weighted by molar-refractivity contribution is -0.0123. The minimum atomic E-state index is -0.0826. The Morgan fingerprint density at radius 2 is 2.21 bits per heavy atom. The molecule has 0 aromatic carbocycles. The van der Waals surface area contributed by atoms with Crippen LogP contribution < -0.4 is 0 Å². The number of rotatable bonds is 2. The Morgan fingerprint density at radius 1 is 1.42 bits per heavy atom. The predicted octanol–water partition coefficient (Wildman–Crippen LogP) is 1.86. The zero-order valence-corrected chi connectivity index (χ0v) is 12.1. The topological polar surface area (TPSA) is 41.3 Å². The highest BCUT2D eigenvalue weighted by molar-refractivity contribution is 5.04. The lowest BCUT2D eigenvalue weighted by atomic mass is 9.76. The van der Waals surface area contributed by atoms with Crippen LogP contribution in [0.25, 0.3) is 0 Å². The molecule has 1 saturated heterocycles. The van der Waals surface area contributed by atoms with E-state index in [0.717, 1.165) is 37.6 Å². The van der Waals surface area contributed by atoms with E-state index in [9.17, 15) is 5.11 Å². The van der Waals surface area contributed by atoms with Gasteiger partial charge in [-0.25, -0.2) is 4.98 Å². The van der Waals surface area contributed by atoms with Gasteiger partial charge in [0.2, 0.25) is 0 Å². The van der Waals surface area contributed by atoms with Crippen LogP contribution >= 0.6 is 0 Å². The number of aliphatic hydroxyl groups is 1. The van der Waals surface area contributed by atoms with E-state index in [4.69, 9.17) is 0 Å². The molecule has 2 aliphatic rings. The number of hydrogen-bond donors (Lipinski definition) is 1. The molecule has 1 aromatic heterocycles. The van der Waals surface area contributed by atoms with Gasteiger partial charge in [0.05, 0.1) is 11.8 Å². The zero-order chi connectivity index (χ0) is 13.5. The van der Waals surface area contributed by atoms with Crippen LogP contribution in [0.3, 0.4) is 0 Å². The maximum absolute atomic E-state index is 10.3. The van der Waals surface area contributed by atoms with E-state index in [1.165, 1.54) is 25.7 Å². The average molecular weight is 263 g/mol. The van der Waals surface area contributed by atoms with Gasteiger partial charge in [-0.1, -0.05) is 6.42 Å². The monoisotopic (exact) mass is 263 g/mol. The van der Waals surface area contributed by atoms with Crippen molar-refractivity contribution in [2.45, 2.75) is 51.7 Å². The fraction of sp³-hybridized carbons (Fsp3) is 0.800. The van der Waals surface area contributed by atoms with Gasteiger partial charge in [-0.2, -0.15) is 0 Å². The van der Waals surface area contributed by atoms with Crippen LogP contribution in [-0.2, 0) is 13.6 Å². The van der Waals surface area contributed by atoms with Crippen LogP contribution in [0.2, 0.25) is 0 Å². The molecule has 0 amide bonds. The molecular formula is C15H25N3O. The fourth-order valence-corrected chi connectivity index (χ4v) is 3.93. The number of likely N-dealkylation sites (tertiary alicyclic amines) is 1. The number of aliphatic hydroxyl groups excluding tert-OH is 1. The Labute approximate surface area is 115 Å². The number of aryl methyl sites for hydroxylation is 2. The lowest BCUT2D eigenvalue weighted by Gasteiger charge is -2.42. The Bertz CT molecular complexity index is 437. The van der Waals surface area contributed by atoms with E-state index < -0.39 is 0 Å². The molecule has 1 aliphatic heterocycles. The summed E-state index contributed by atoms with van der Waals surface area (Å²) in [7, 11) is 2.05. The van der Waals surface area contributed by atoms with Crippen molar-refractivity contribution in [3.63, 3.8) is 0 Å². The van der Waals surface area contributed by atoms with Gasteiger partial charge in [-0.15, -0.1) is 0 Å². The third kappa shape index (κ3) is 2.43. The minimum absolute atomic E-state index is 0.0826. The van der Waals surface area contributed by atoms with E-state index in [0.29, 0.717) is 0 Å². The molecule has 0 unspecified atom stereocenters. The average Bonchev–Trinajstić information content (AvgIpc) is 2.85. The Kier molecular flexibility index (Phi) is 3.39. The van der Waals surface area contributed by atoms with Crippen molar-refractivity contribution in [2.24, 2.45) is 12.5 Å². The molecule has 2 atom stereocenters. The molecule has 1 aromatic rings. The molecule has 1 saturated carbocycles. The normalized spacial score (nSPS) is 32.3. The van der Waals surface area contributed by atoms with Gasteiger partial charge in [0.15, 0.2) is 0 Å². The van der Waals surface area contributed by atoms with E-state index in [1.54, 1.807) is 0 Å². The first-order chi connectivity index (χ1) is 9.09. The second kappa shape index (κ2) is 4.91. The molecule has 1 aliphatic carbocycles. The third-order valence-electron chi connectivity index (χ3n) is 5.09. The second-order valence-electron chi connectivity index (χ2n) is 6.47. The van der Waals surface area contributed by atoms with Gasteiger partial charge in [-0.05, 0) is 39.2 Å². The van der Waals surface area contributed by atoms with Crippen molar-refractivity contribution in [3.8, 4) is 0 Å². The molecule has 4 heteroatoms. The van der Waals surface area contributed by atoms with Gasteiger partial charge < -0.3 is 9.67 Å². The molecule has 2 heterocycles. The van der Waals surface area contributed by atoms with Crippen LogP contribution in [0.15, 0.2) is 6.20 Å². The summed E-state index contributed by atoms with van der Waals surface area (Å²) >= 11 is 0. The summed E-state index contributed by atoms with van der Waals surface area (Å²) in [6.45, 7) is 5.16. The Balaban J connectivity index is 1.68. The van der Waals surface area contributed by atoms with Crippen molar-refractivity contribution in [1.82, 2.24) is 14.5 Å². The smallest absolute Gasteiger partial charge is 0.105 e. The lowest BCUT2D eigenvalue weighted by Crippen LogP contribution is -2.46. The van der Waals surface area contributed by atoms with E-state index in [1.807, 2.05) is 14.0 Å². The molecule has 2 fully saturated rings. The fourth-order valence-electron chi connectivity index (χ4n) is 3.93. The van der Waals surface area contributed by atoms with Crippen LogP contribution in [0.1, 0.15) is 43.6 Å². The molecule has 1 spiro atoms. The molecule has 0 bridgehead atoms. The summed E-state index contributed by atoms with van der Waals surface area (Å²) in [5, 5.41) is 10.3. The molecule has 1 N–H and O–H groups in total. The summed E-state index contributed by atoms with van der Waals surface area (Å²) in [6.07, 6.45) is 7.84. The number of nitrogens with zero attached hydrogens (tertiary/aromatic N) is 3. The molecular weight excluding hydrogens is 238 g/mol. The molecule has 106 valence electrons. The first-order valence-corrected chi connectivity index (χ1v) is 7.48. The van der Waals surface area contributed by atoms with Crippen LogP contribution in [-0.4, -0.2) is 38.8 Å². The van der Waals surface area contributed by atoms with E-state index in [2.05, 4.69) is 20.6 Å². The van der Waals surface area contributed by atoms with Gasteiger partial charge in [0.1, 0.15) is 5.82 Å². The number of aromatic nitrogens is 2. The van der Waals surface area contributed by atoms with Gasteiger partial charge in [0, 0.05) is 31.7 Å². The van der Waals surface area contributed by atoms with Gasteiger partial charge in [-0.3, -0.25) is 4.90 Å². The Morgan fingerprint density at radius 3 is 2.84 bits per heavy atom. The summed E-state index contributed by atoms with van der Waals surface area (Å²) in [6, 6.07) is 0. The predicted molar refractivity (Wildman–Crippen MR) is 74.7 cm³/mol. The first kappa shape index (κ1) is 13.1. The molecule has 0 radical (unpaired) electrons. The van der Waals surface area contributed by atoms with E-state index >= 15 is 0 Å². The maximum atomic E-state index is 10.3. The Hall–Kier alpha value is -0.870. The third-order valence-corrected chi connectivity index (χ3v) is 5.09. The first-order valence-electron chi connectivity index (χ1n) is 7.48. The number of imidazole rings is 1. The van der Waals surface area contributed by atoms with Gasteiger partial charge >= 0.3 is 0 Å². The minimum Gasteiger partial charge on any atom is -0.393 e. The quantitative estimate of drug-likeness (QED) is 0.885. The SMILES string of the molecule is Cc1nc(CN2CCC[C@@]3(CCC[C@H]3O)C2)cn1C. The molecule has 4 nitrogen and oxygen atoms in total. The second-order valence-corrected chi connectivity index (χ2v) is 6.47. The van der Waals surface area contributed by atoms with Crippen molar-refractivity contribution < 1.29 is 5.11 Å². The number of piperidine rings is 1. The van der Waals surface area contributed by atoms with Gasteiger partial charge in [0.25, 0.3) is 0 Å².